The van der Waals surface area contributed by atoms with E-state index in [9.17, 15) is 13.2 Å². The summed E-state index contributed by atoms with van der Waals surface area (Å²) in [4.78, 5) is 14.4. The van der Waals surface area contributed by atoms with E-state index < -0.39 is 15.3 Å². The molecular formula is C18H28ClN5O4S. The molecule has 2 unspecified atom stereocenters. The van der Waals surface area contributed by atoms with Gasteiger partial charge in [-0.2, -0.15) is 4.31 Å². The number of urea groups is 1. The Morgan fingerprint density at radius 2 is 1.86 bits per heavy atom. The van der Waals surface area contributed by atoms with Crippen LogP contribution in [0.15, 0.2) is 18.2 Å². The Balaban J connectivity index is 1.67. The number of ether oxygens (including phenoxy) is 1. The highest BCUT2D eigenvalue weighted by Crippen LogP contribution is 2.28. The van der Waals surface area contributed by atoms with E-state index in [0.29, 0.717) is 42.5 Å². The molecule has 0 spiro atoms. The van der Waals surface area contributed by atoms with Crippen molar-refractivity contribution in [3.63, 3.8) is 0 Å². The molecule has 162 valence electrons. The van der Waals surface area contributed by atoms with Crippen molar-refractivity contribution in [2.45, 2.75) is 37.6 Å². The fourth-order valence-electron chi connectivity index (χ4n) is 3.87. The zero-order chi connectivity index (χ0) is 21.2. The second kappa shape index (κ2) is 9.05. The molecule has 2 atom stereocenters. The highest BCUT2D eigenvalue weighted by molar-refractivity contribution is 7.89. The summed E-state index contributed by atoms with van der Waals surface area (Å²) in [6.45, 7) is 5.14. The molecule has 9 nitrogen and oxygen atoms in total. The fraction of sp³-hybridized carbons (Fsp3) is 0.611. The van der Waals surface area contributed by atoms with Crippen molar-refractivity contribution < 1.29 is 17.9 Å². The monoisotopic (exact) mass is 445 g/mol. The van der Waals surface area contributed by atoms with E-state index >= 15 is 0 Å². The quantitative estimate of drug-likeness (QED) is 0.648. The van der Waals surface area contributed by atoms with Crippen LogP contribution in [0.4, 0.5) is 10.5 Å². The summed E-state index contributed by atoms with van der Waals surface area (Å²) < 4.78 is 33.1. The summed E-state index contributed by atoms with van der Waals surface area (Å²) in [6, 6.07) is 4.30. The number of nitrogens with zero attached hydrogens (tertiary/aromatic N) is 2. The fourth-order valence-corrected chi connectivity index (χ4v) is 6.28. The van der Waals surface area contributed by atoms with Gasteiger partial charge in [0.25, 0.3) is 0 Å². The summed E-state index contributed by atoms with van der Waals surface area (Å²) >= 11 is 6.02. The Hall–Kier alpha value is -1.59. The van der Waals surface area contributed by atoms with Crippen LogP contribution in [0.1, 0.15) is 20.3 Å². The third kappa shape index (κ3) is 4.77. The van der Waals surface area contributed by atoms with E-state index in [-0.39, 0.29) is 24.7 Å². The Kier molecular flexibility index (Phi) is 6.90. The van der Waals surface area contributed by atoms with Crippen LogP contribution in [0.2, 0.25) is 5.02 Å². The standard InChI is InChI=1S/C18H28ClN5O4S/c1-12-17(13(2)22-21-12)29(26,27)24-8-4-7-23(9-10-24)18(25)20-15-11-14(19)5-6-16(15)28-3/h5-6,11-13,17,21-22H,4,7-10H2,1-3H3,(H,20,25). The minimum Gasteiger partial charge on any atom is -0.495 e. The Morgan fingerprint density at radius 3 is 2.52 bits per heavy atom. The van der Waals surface area contributed by atoms with Gasteiger partial charge in [-0.1, -0.05) is 11.6 Å². The number of amides is 2. The molecule has 2 fully saturated rings. The van der Waals surface area contributed by atoms with Crippen LogP contribution in [0.3, 0.4) is 0 Å². The van der Waals surface area contributed by atoms with E-state index in [2.05, 4.69) is 16.2 Å². The number of benzene rings is 1. The lowest BCUT2D eigenvalue weighted by Crippen LogP contribution is -2.48. The van der Waals surface area contributed by atoms with Gasteiger partial charge in [-0.25, -0.2) is 13.2 Å². The smallest absolute Gasteiger partial charge is 0.321 e. The van der Waals surface area contributed by atoms with Gasteiger partial charge >= 0.3 is 6.03 Å². The van der Waals surface area contributed by atoms with Crippen LogP contribution in [0, 0.1) is 0 Å². The molecule has 1 aromatic rings. The predicted molar refractivity (Wildman–Crippen MR) is 113 cm³/mol. The SMILES string of the molecule is COc1ccc(Cl)cc1NC(=O)N1CCCN(S(=O)(=O)C2C(C)NNC2C)CC1. The number of sulfonamides is 1. The van der Waals surface area contributed by atoms with E-state index in [1.807, 2.05) is 13.8 Å². The van der Waals surface area contributed by atoms with Crippen molar-refractivity contribution in [1.29, 1.82) is 0 Å². The van der Waals surface area contributed by atoms with Crippen LogP contribution < -0.4 is 20.9 Å². The zero-order valence-electron chi connectivity index (χ0n) is 16.8. The van der Waals surface area contributed by atoms with Gasteiger partial charge in [0, 0.05) is 43.3 Å². The second-order valence-corrected chi connectivity index (χ2v) is 9.92. The van der Waals surface area contributed by atoms with Crippen molar-refractivity contribution in [2.24, 2.45) is 0 Å². The normalized spacial score (nSPS) is 26.2. The first-order valence-electron chi connectivity index (χ1n) is 9.63. The van der Waals surface area contributed by atoms with Crippen LogP contribution >= 0.6 is 11.6 Å². The van der Waals surface area contributed by atoms with Gasteiger partial charge in [-0.15, -0.1) is 0 Å². The minimum atomic E-state index is -3.50. The maximum atomic E-state index is 13.1. The molecular weight excluding hydrogens is 418 g/mol. The zero-order valence-corrected chi connectivity index (χ0v) is 18.4. The van der Waals surface area contributed by atoms with Gasteiger partial charge in [-0.3, -0.25) is 10.9 Å². The lowest BCUT2D eigenvalue weighted by Gasteiger charge is -2.27. The number of hydrogen-bond acceptors (Lipinski definition) is 6. The maximum absolute atomic E-state index is 13.1. The third-order valence-electron chi connectivity index (χ3n) is 5.37. The summed E-state index contributed by atoms with van der Waals surface area (Å²) in [5.41, 5.74) is 6.47. The molecule has 2 heterocycles. The summed E-state index contributed by atoms with van der Waals surface area (Å²) in [5, 5.41) is 2.75. The van der Waals surface area contributed by atoms with Crippen molar-refractivity contribution >= 4 is 33.3 Å². The van der Waals surface area contributed by atoms with Crippen molar-refractivity contribution in [2.75, 3.05) is 38.6 Å². The highest BCUT2D eigenvalue weighted by atomic mass is 35.5. The van der Waals surface area contributed by atoms with Crippen molar-refractivity contribution in [1.82, 2.24) is 20.1 Å². The molecule has 0 aliphatic carbocycles. The lowest BCUT2D eigenvalue weighted by molar-refractivity contribution is 0.214. The van der Waals surface area contributed by atoms with Gasteiger partial charge in [0.2, 0.25) is 10.0 Å². The molecule has 0 bridgehead atoms. The number of rotatable bonds is 4. The molecule has 2 amide bonds. The highest BCUT2D eigenvalue weighted by Gasteiger charge is 2.43. The van der Waals surface area contributed by atoms with Gasteiger partial charge in [0.05, 0.1) is 12.8 Å². The Bertz CT molecular complexity index is 843. The number of nitrogens with one attached hydrogen (secondary N) is 3. The van der Waals surface area contributed by atoms with Crippen LogP contribution in [-0.2, 0) is 10.0 Å². The van der Waals surface area contributed by atoms with Crippen LogP contribution in [0.5, 0.6) is 5.75 Å². The van der Waals surface area contributed by atoms with Crippen molar-refractivity contribution in [3.05, 3.63) is 23.2 Å². The van der Waals surface area contributed by atoms with E-state index in [0.717, 1.165) is 0 Å². The number of hydrazine groups is 1. The molecule has 3 rings (SSSR count). The molecule has 3 N–H and O–H groups in total. The molecule has 11 heteroatoms. The van der Waals surface area contributed by atoms with Crippen LogP contribution in [0.25, 0.3) is 0 Å². The number of carbonyl (C=O) groups is 1. The molecule has 0 radical (unpaired) electrons. The predicted octanol–water partition coefficient (Wildman–Crippen LogP) is 1.47. The van der Waals surface area contributed by atoms with E-state index in [1.54, 1.807) is 23.1 Å². The van der Waals surface area contributed by atoms with E-state index in [1.165, 1.54) is 11.4 Å². The average molecular weight is 446 g/mol. The lowest BCUT2D eigenvalue weighted by atomic mass is 10.2. The number of hydrogen-bond donors (Lipinski definition) is 3. The number of halogens is 1. The molecule has 2 aliphatic rings. The van der Waals surface area contributed by atoms with E-state index in [4.69, 9.17) is 16.3 Å². The largest absolute Gasteiger partial charge is 0.495 e. The minimum absolute atomic E-state index is 0.187. The summed E-state index contributed by atoms with van der Waals surface area (Å²) in [5.74, 6) is 0.506. The number of anilines is 1. The summed E-state index contributed by atoms with van der Waals surface area (Å²) in [6.07, 6.45) is 0.565. The van der Waals surface area contributed by atoms with Crippen molar-refractivity contribution in [3.8, 4) is 5.75 Å². The average Bonchev–Trinajstić information content (AvgIpc) is 2.87. The van der Waals surface area contributed by atoms with Gasteiger partial charge in [-0.05, 0) is 38.5 Å². The second-order valence-electron chi connectivity index (χ2n) is 7.39. The van der Waals surface area contributed by atoms with Gasteiger partial charge < -0.3 is 15.0 Å². The number of carbonyl (C=O) groups excluding carboxylic acids is 1. The third-order valence-corrected chi connectivity index (χ3v) is 8.20. The Morgan fingerprint density at radius 1 is 1.17 bits per heavy atom. The first-order chi connectivity index (χ1) is 13.7. The Labute approximate surface area is 176 Å². The molecule has 0 aromatic heterocycles. The maximum Gasteiger partial charge on any atom is 0.321 e. The molecule has 2 aliphatic heterocycles. The molecule has 0 saturated carbocycles. The first kappa shape index (κ1) is 22.1. The number of methoxy groups -OCH3 is 1. The molecule has 29 heavy (non-hydrogen) atoms. The van der Waals surface area contributed by atoms with Gasteiger partial charge in [0.15, 0.2) is 0 Å². The molecule has 1 aromatic carbocycles. The first-order valence-corrected chi connectivity index (χ1v) is 11.5. The molecule has 2 saturated heterocycles. The van der Waals surface area contributed by atoms with Gasteiger partial charge in [0.1, 0.15) is 11.0 Å². The topological polar surface area (TPSA) is 103 Å². The summed E-state index contributed by atoms with van der Waals surface area (Å²) in [7, 11) is -1.98. The van der Waals surface area contributed by atoms with Crippen LogP contribution in [-0.4, -0.2) is 74.3 Å².